The summed E-state index contributed by atoms with van der Waals surface area (Å²) in [5.41, 5.74) is 0. The molecule has 1 atom stereocenters. The van der Waals surface area contributed by atoms with Gasteiger partial charge in [0.2, 0.25) is 11.8 Å². The summed E-state index contributed by atoms with van der Waals surface area (Å²) in [6.45, 7) is 0.718. The van der Waals surface area contributed by atoms with Crippen LogP contribution in [0.1, 0.15) is 25.7 Å². The molecule has 0 aliphatic carbocycles. The summed E-state index contributed by atoms with van der Waals surface area (Å²) >= 11 is 0. The van der Waals surface area contributed by atoms with E-state index in [4.69, 9.17) is 9.47 Å². The Hall–Kier alpha value is -2.24. The normalized spacial score (nSPS) is 18.0. The summed E-state index contributed by atoms with van der Waals surface area (Å²) in [6, 6.07) is 6.92. The second-order valence-electron chi connectivity index (χ2n) is 5.16. The molecule has 22 heavy (non-hydrogen) atoms. The van der Waals surface area contributed by atoms with Crippen molar-refractivity contribution in [2.75, 3.05) is 20.3 Å². The van der Waals surface area contributed by atoms with Gasteiger partial charge >= 0.3 is 0 Å². The van der Waals surface area contributed by atoms with Crippen LogP contribution in [0.25, 0.3) is 0 Å². The smallest absolute Gasteiger partial charge is 0.242 e. The number of hydrogen-bond acceptors (Lipinski definition) is 4. The van der Waals surface area contributed by atoms with Crippen molar-refractivity contribution >= 4 is 11.8 Å². The Morgan fingerprint density at radius 2 is 2.09 bits per heavy atom. The lowest BCUT2D eigenvalue weighted by Gasteiger charge is -2.16. The topological polar surface area (TPSA) is 76.7 Å². The van der Waals surface area contributed by atoms with E-state index in [-0.39, 0.29) is 11.8 Å². The first-order chi connectivity index (χ1) is 10.7. The Balaban J connectivity index is 1.73. The number of para-hydroxylation sites is 2. The van der Waals surface area contributed by atoms with E-state index in [1.165, 1.54) is 0 Å². The minimum atomic E-state index is -0.429. The third kappa shape index (κ3) is 4.65. The number of amides is 2. The Labute approximate surface area is 130 Å². The number of benzene rings is 1. The highest BCUT2D eigenvalue weighted by Crippen LogP contribution is 2.25. The van der Waals surface area contributed by atoms with Crippen LogP contribution in [-0.4, -0.2) is 38.1 Å². The van der Waals surface area contributed by atoms with Crippen molar-refractivity contribution in [2.45, 2.75) is 31.7 Å². The van der Waals surface area contributed by atoms with E-state index in [9.17, 15) is 9.59 Å². The van der Waals surface area contributed by atoms with Gasteiger partial charge in [0.15, 0.2) is 11.5 Å². The molecule has 2 N–H and O–H groups in total. The predicted octanol–water partition coefficient (Wildman–Crippen LogP) is 1.25. The molecule has 1 aromatic carbocycles. The number of nitrogens with one attached hydrogen (secondary N) is 2. The lowest BCUT2D eigenvalue weighted by molar-refractivity contribution is -0.128. The number of ether oxygens (including phenoxy) is 2. The molecule has 1 aliphatic rings. The Bertz CT molecular complexity index is 519. The summed E-state index contributed by atoms with van der Waals surface area (Å²) in [5.74, 6) is 1.09. The maximum atomic E-state index is 12.0. The fourth-order valence-electron chi connectivity index (χ4n) is 2.37. The maximum Gasteiger partial charge on any atom is 0.242 e. The van der Waals surface area contributed by atoms with Gasteiger partial charge in [-0.25, -0.2) is 0 Å². The first kappa shape index (κ1) is 16.1. The van der Waals surface area contributed by atoms with Crippen LogP contribution >= 0.6 is 0 Å². The van der Waals surface area contributed by atoms with Crippen LogP contribution in [0.4, 0.5) is 0 Å². The van der Waals surface area contributed by atoms with Crippen molar-refractivity contribution in [3.8, 4) is 11.5 Å². The molecule has 2 amide bonds. The van der Waals surface area contributed by atoms with Crippen LogP contribution in [0.3, 0.4) is 0 Å². The number of rotatable bonds is 6. The average Bonchev–Trinajstić information content (AvgIpc) is 2.76. The van der Waals surface area contributed by atoms with Gasteiger partial charge in [-0.1, -0.05) is 18.6 Å². The first-order valence-electron chi connectivity index (χ1n) is 7.53. The van der Waals surface area contributed by atoms with Crippen molar-refractivity contribution in [1.29, 1.82) is 0 Å². The fourth-order valence-corrected chi connectivity index (χ4v) is 2.37. The summed E-state index contributed by atoms with van der Waals surface area (Å²) in [4.78, 5) is 23.5. The van der Waals surface area contributed by atoms with Crippen LogP contribution in [0, 0.1) is 0 Å². The van der Waals surface area contributed by atoms with E-state index in [1.807, 2.05) is 24.3 Å². The van der Waals surface area contributed by atoms with Gasteiger partial charge in [0, 0.05) is 6.42 Å². The molecule has 0 saturated carbocycles. The molecular formula is C16H22N2O4. The average molecular weight is 306 g/mol. The van der Waals surface area contributed by atoms with E-state index >= 15 is 0 Å². The van der Waals surface area contributed by atoms with E-state index < -0.39 is 6.04 Å². The third-order valence-corrected chi connectivity index (χ3v) is 3.53. The molecule has 0 bridgehead atoms. The van der Waals surface area contributed by atoms with Gasteiger partial charge in [-0.3, -0.25) is 9.59 Å². The Kier molecular flexibility index (Phi) is 6.06. The van der Waals surface area contributed by atoms with Crippen molar-refractivity contribution in [3.05, 3.63) is 24.3 Å². The minimum Gasteiger partial charge on any atom is -0.493 e. The minimum absolute atomic E-state index is 0.0529. The zero-order valence-corrected chi connectivity index (χ0v) is 12.8. The quantitative estimate of drug-likeness (QED) is 0.776. The van der Waals surface area contributed by atoms with Gasteiger partial charge in [0.05, 0.1) is 13.7 Å². The van der Waals surface area contributed by atoms with Crippen LogP contribution < -0.4 is 20.1 Å². The standard InChI is InChI=1S/C16H22N2O4/c1-21-13-7-3-4-8-14(13)22-11-10-17-16(20)12-6-2-5-9-15(19)18-12/h3-4,7-8,12H,2,5-6,9-11H2,1H3,(H,17,20)(H,18,19). The Morgan fingerprint density at radius 3 is 2.86 bits per heavy atom. The molecule has 0 radical (unpaired) electrons. The molecule has 0 spiro atoms. The largest absolute Gasteiger partial charge is 0.493 e. The van der Waals surface area contributed by atoms with E-state index in [0.717, 1.165) is 12.8 Å². The van der Waals surface area contributed by atoms with Crippen molar-refractivity contribution in [1.82, 2.24) is 10.6 Å². The molecule has 120 valence electrons. The van der Waals surface area contributed by atoms with Gasteiger partial charge in [-0.15, -0.1) is 0 Å². The molecule has 1 aliphatic heterocycles. The number of hydrogen-bond donors (Lipinski definition) is 2. The third-order valence-electron chi connectivity index (χ3n) is 3.53. The highest BCUT2D eigenvalue weighted by atomic mass is 16.5. The van der Waals surface area contributed by atoms with Crippen LogP contribution in [0.2, 0.25) is 0 Å². The lowest BCUT2D eigenvalue weighted by atomic mass is 10.1. The molecule has 1 aromatic rings. The number of carbonyl (C=O) groups excluding carboxylic acids is 2. The summed E-state index contributed by atoms with van der Waals surface area (Å²) in [5, 5.41) is 5.53. The molecule has 1 fully saturated rings. The number of carbonyl (C=O) groups is 2. The van der Waals surface area contributed by atoms with Crippen molar-refractivity contribution < 1.29 is 19.1 Å². The summed E-state index contributed by atoms with van der Waals surface area (Å²) in [6.07, 6.45) is 2.91. The van der Waals surface area contributed by atoms with E-state index in [1.54, 1.807) is 7.11 Å². The zero-order valence-electron chi connectivity index (χ0n) is 12.8. The molecule has 1 unspecified atom stereocenters. The van der Waals surface area contributed by atoms with Gasteiger partial charge < -0.3 is 20.1 Å². The second-order valence-corrected chi connectivity index (χ2v) is 5.16. The fraction of sp³-hybridized carbons (Fsp3) is 0.500. The summed E-state index contributed by atoms with van der Waals surface area (Å²) < 4.78 is 10.8. The highest BCUT2D eigenvalue weighted by Gasteiger charge is 2.22. The van der Waals surface area contributed by atoms with Gasteiger partial charge in [0.25, 0.3) is 0 Å². The van der Waals surface area contributed by atoms with Gasteiger partial charge in [0.1, 0.15) is 12.6 Å². The molecule has 6 heteroatoms. The maximum absolute atomic E-state index is 12.0. The first-order valence-corrected chi connectivity index (χ1v) is 7.53. The highest BCUT2D eigenvalue weighted by molar-refractivity contribution is 5.87. The summed E-state index contributed by atoms with van der Waals surface area (Å²) in [7, 11) is 1.58. The predicted molar refractivity (Wildman–Crippen MR) is 81.9 cm³/mol. The van der Waals surface area contributed by atoms with Crippen molar-refractivity contribution in [3.63, 3.8) is 0 Å². The monoisotopic (exact) mass is 306 g/mol. The van der Waals surface area contributed by atoms with Gasteiger partial charge in [-0.2, -0.15) is 0 Å². The Morgan fingerprint density at radius 1 is 1.32 bits per heavy atom. The van der Waals surface area contributed by atoms with E-state index in [2.05, 4.69) is 10.6 Å². The van der Waals surface area contributed by atoms with Crippen LogP contribution in [-0.2, 0) is 9.59 Å². The second kappa shape index (κ2) is 8.26. The van der Waals surface area contributed by atoms with Crippen LogP contribution in [0.15, 0.2) is 24.3 Å². The molecule has 2 rings (SSSR count). The SMILES string of the molecule is COc1ccccc1OCCNC(=O)C1CCCCC(=O)N1. The molecule has 6 nitrogen and oxygen atoms in total. The van der Waals surface area contributed by atoms with Crippen molar-refractivity contribution in [2.24, 2.45) is 0 Å². The molecule has 1 heterocycles. The number of methoxy groups -OCH3 is 1. The molecule has 1 saturated heterocycles. The lowest BCUT2D eigenvalue weighted by Crippen LogP contribution is -2.46. The van der Waals surface area contributed by atoms with Crippen LogP contribution in [0.5, 0.6) is 11.5 Å². The molecule has 0 aromatic heterocycles. The van der Waals surface area contributed by atoms with Gasteiger partial charge in [-0.05, 0) is 25.0 Å². The molecular weight excluding hydrogens is 284 g/mol. The zero-order chi connectivity index (χ0) is 15.8. The van der Waals surface area contributed by atoms with E-state index in [0.29, 0.717) is 37.5 Å².